The number of benzene rings is 1. The van der Waals surface area contributed by atoms with Gasteiger partial charge in [0, 0.05) is 22.2 Å². The summed E-state index contributed by atoms with van der Waals surface area (Å²) in [6.45, 7) is 2.54. The zero-order chi connectivity index (χ0) is 11.5. The average Bonchev–Trinajstić information content (AvgIpc) is 2.33. The van der Waals surface area contributed by atoms with Gasteiger partial charge in [-0.1, -0.05) is 11.6 Å². The number of carbonyl (C=O) groups is 1. The van der Waals surface area contributed by atoms with Crippen LogP contribution in [-0.4, -0.2) is 37.1 Å². The summed E-state index contributed by atoms with van der Waals surface area (Å²) >= 11 is 8.14. The Hall–Kier alpha value is -0.330. The van der Waals surface area contributed by atoms with Crippen molar-refractivity contribution in [1.29, 1.82) is 0 Å². The van der Waals surface area contributed by atoms with E-state index in [0.29, 0.717) is 36.9 Å². The number of hydrogen-bond donors (Lipinski definition) is 0. The third-order valence-corrected chi connectivity index (χ3v) is 4.04. The van der Waals surface area contributed by atoms with E-state index in [-0.39, 0.29) is 5.91 Å². The van der Waals surface area contributed by atoms with Gasteiger partial charge in [-0.05, 0) is 40.8 Å². The molecule has 1 aliphatic rings. The first kappa shape index (κ1) is 12.1. The number of ether oxygens (including phenoxy) is 1. The number of nitrogens with zero attached hydrogens (tertiary/aromatic N) is 1. The quantitative estimate of drug-likeness (QED) is 0.727. The Morgan fingerprint density at radius 1 is 1.38 bits per heavy atom. The van der Waals surface area contributed by atoms with E-state index in [4.69, 9.17) is 16.3 Å². The highest BCUT2D eigenvalue weighted by molar-refractivity contribution is 14.1. The zero-order valence-electron chi connectivity index (χ0n) is 8.58. The molecule has 1 fully saturated rings. The molecule has 1 aromatic rings. The first-order valence-electron chi connectivity index (χ1n) is 5.00. The Morgan fingerprint density at radius 2 is 2.06 bits per heavy atom. The Kier molecular flexibility index (Phi) is 4.05. The van der Waals surface area contributed by atoms with Crippen molar-refractivity contribution < 1.29 is 9.53 Å². The molecule has 16 heavy (non-hydrogen) atoms. The van der Waals surface area contributed by atoms with Gasteiger partial charge in [-0.2, -0.15) is 0 Å². The molecule has 0 unspecified atom stereocenters. The minimum atomic E-state index is 0.0293. The van der Waals surface area contributed by atoms with E-state index < -0.39 is 0 Å². The van der Waals surface area contributed by atoms with E-state index in [1.807, 2.05) is 12.1 Å². The Morgan fingerprint density at radius 3 is 2.69 bits per heavy atom. The minimum absolute atomic E-state index is 0.0293. The molecule has 1 saturated heterocycles. The van der Waals surface area contributed by atoms with Crippen LogP contribution in [0.2, 0.25) is 5.02 Å². The Labute approximate surface area is 113 Å². The van der Waals surface area contributed by atoms with E-state index in [9.17, 15) is 4.79 Å². The molecule has 86 valence electrons. The average molecular weight is 352 g/mol. The molecule has 2 rings (SSSR count). The molecule has 0 saturated carbocycles. The second-order valence-corrected chi connectivity index (χ2v) is 5.10. The van der Waals surface area contributed by atoms with Crippen molar-refractivity contribution in [3.63, 3.8) is 0 Å². The van der Waals surface area contributed by atoms with Crippen LogP contribution in [-0.2, 0) is 4.74 Å². The molecule has 0 bridgehead atoms. The van der Waals surface area contributed by atoms with E-state index >= 15 is 0 Å². The zero-order valence-corrected chi connectivity index (χ0v) is 11.5. The fourth-order valence-corrected chi connectivity index (χ4v) is 2.09. The molecule has 0 aliphatic carbocycles. The number of morpholine rings is 1. The third-order valence-electron chi connectivity index (χ3n) is 2.46. The smallest absolute Gasteiger partial charge is 0.254 e. The van der Waals surface area contributed by atoms with Gasteiger partial charge in [0.05, 0.1) is 18.2 Å². The summed E-state index contributed by atoms with van der Waals surface area (Å²) in [4.78, 5) is 13.9. The van der Waals surface area contributed by atoms with Gasteiger partial charge < -0.3 is 9.64 Å². The highest BCUT2D eigenvalue weighted by Gasteiger charge is 2.18. The maximum atomic E-state index is 12.1. The topological polar surface area (TPSA) is 29.5 Å². The van der Waals surface area contributed by atoms with Crippen molar-refractivity contribution in [2.24, 2.45) is 0 Å². The first-order valence-corrected chi connectivity index (χ1v) is 6.46. The summed E-state index contributed by atoms with van der Waals surface area (Å²) in [5, 5.41) is 0.625. The van der Waals surface area contributed by atoms with Crippen LogP contribution in [0.1, 0.15) is 10.4 Å². The molecule has 0 N–H and O–H groups in total. The number of rotatable bonds is 1. The monoisotopic (exact) mass is 351 g/mol. The SMILES string of the molecule is O=C(c1ccc(I)c(Cl)c1)N1CCOCC1. The van der Waals surface area contributed by atoms with Crippen LogP contribution in [0, 0.1) is 3.57 Å². The van der Waals surface area contributed by atoms with Gasteiger partial charge in [-0.3, -0.25) is 4.79 Å². The van der Waals surface area contributed by atoms with Crippen LogP contribution >= 0.6 is 34.2 Å². The van der Waals surface area contributed by atoms with E-state index in [1.165, 1.54) is 0 Å². The largest absolute Gasteiger partial charge is 0.378 e. The van der Waals surface area contributed by atoms with Crippen molar-refractivity contribution in [3.05, 3.63) is 32.4 Å². The van der Waals surface area contributed by atoms with Gasteiger partial charge >= 0.3 is 0 Å². The van der Waals surface area contributed by atoms with E-state index in [2.05, 4.69) is 22.6 Å². The summed E-state index contributed by atoms with van der Waals surface area (Å²) in [5.74, 6) is 0.0293. The molecule has 0 aromatic heterocycles. The summed E-state index contributed by atoms with van der Waals surface area (Å²) in [7, 11) is 0. The van der Waals surface area contributed by atoms with Crippen molar-refractivity contribution in [2.45, 2.75) is 0 Å². The molecular formula is C11H11ClINO2. The van der Waals surface area contributed by atoms with Crippen LogP contribution in [0.15, 0.2) is 18.2 Å². The lowest BCUT2D eigenvalue weighted by Gasteiger charge is -2.26. The predicted octanol–water partition coefficient (Wildman–Crippen LogP) is 2.42. The molecule has 5 heteroatoms. The molecular weight excluding hydrogens is 340 g/mol. The van der Waals surface area contributed by atoms with Gasteiger partial charge in [-0.25, -0.2) is 0 Å². The van der Waals surface area contributed by atoms with Crippen molar-refractivity contribution in [3.8, 4) is 0 Å². The number of hydrogen-bond acceptors (Lipinski definition) is 2. The number of carbonyl (C=O) groups excluding carboxylic acids is 1. The lowest BCUT2D eigenvalue weighted by atomic mass is 10.2. The minimum Gasteiger partial charge on any atom is -0.378 e. The highest BCUT2D eigenvalue weighted by Crippen LogP contribution is 2.20. The lowest BCUT2D eigenvalue weighted by Crippen LogP contribution is -2.40. The Bertz CT molecular complexity index is 405. The summed E-state index contributed by atoms with van der Waals surface area (Å²) in [5.41, 5.74) is 0.646. The van der Waals surface area contributed by atoms with Crippen LogP contribution in [0.4, 0.5) is 0 Å². The van der Waals surface area contributed by atoms with Crippen LogP contribution in [0.25, 0.3) is 0 Å². The maximum absolute atomic E-state index is 12.1. The van der Waals surface area contributed by atoms with Gasteiger partial charge in [0.1, 0.15) is 0 Å². The summed E-state index contributed by atoms with van der Waals surface area (Å²) in [6, 6.07) is 5.39. The van der Waals surface area contributed by atoms with Gasteiger partial charge in [0.2, 0.25) is 0 Å². The molecule has 1 amide bonds. The first-order chi connectivity index (χ1) is 7.68. The second kappa shape index (κ2) is 5.33. The highest BCUT2D eigenvalue weighted by atomic mass is 127. The van der Waals surface area contributed by atoms with Crippen molar-refractivity contribution >= 4 is 40.1 Å². The van der Waals surface area contributed by atoms with Crippen molar-refractivity contribution in [2.75, 3.05) is 26.3 Å². The van der Waals surface area contributed by atoms with Gasteiger partial charge in [0.15, 0.2) is 0 Å². The molecule has 0 radical (unpaired) electrons. The molecule has 0 spiro atoms. The summed E-state index contributed by atoms with van der Waals surface area (Å²) < 4.78 is 6.16. The third kappa shape index (κ3) is 2.67. The van der Waals surface area contributed by atoms with Crippen LogP contribution in [0.5, 0.6) is 0 Å². The van der Waals surface area contributed by atoms with Crippen molar-refractivity contribution in [1.82, 2.24) is 4.90 Å². The standard InChI is InChI=1S/C11H11ClINO2/c12-9-7-8(1-2-10(9)13)11(15)14-3-5-16-6-4-14/h1-2,7H,3-6H2. The Balaban J connectivity index is 2.16. The maximum Gasteiger partial charge on any atom is 0.254 e. The molecule has 1 heterocycles. The fourth-order valence-electron chi connectivity index (χ4n) is 1.58. The summed E-state index contributed by atoms with van der Waals surface area (Å²) in [6.07, 6.45) is 0. The van der Waals surface area contributed by atoms with Gasteiger partial charge in [0.25, 0.3) is 5.91 Å². The predicted molar refractivity (Wildman–Crippen MR) is 70.9 cm³/mol. The number of amides is 1. The second-order valence-electron chi connectivity index (χ2n) is 3.53. The normalized spacial score (nSPS) is 16.2. The fraction of sp³-hybridized carbons (Fsp3) is 0.364. The molecule has 0 atom stereocenters. The van der Waals surface area contributed by atoms with Gasteiger partial charge in [-0.15, -0.1) is 0 Å². The van der Waals surface area contributed by atoms with Crippen LogP contribution in [0.3, 0.4) is 0 Å². The molecule has 3 nitrogen and oxygen atoms in total. The van der Waals surface area contributed by atoms with E-state index in [0.717, 1.165) is 3.57 Å². The number of halogens is 2. The van der Waals surface area contributed by atoms with Crippen LogP contribution < -0.4 is 0 Å². The molecule has 1 aromatic carbocycles. The van der Waals surface area contributed by atoms with E-state index in [1.54, 1.807) is 11.0 Å². The lowest BCUT2D eigenvalue weighted by molar-refractivity contribution is 0.0303. The molecule has 1 aliphatic heterocycles.